The van der Waals surface area contributed by atoms with E-state index in [-0.39, 0.29) is 5.91 Å². The van der Waals surface area contributed by atoms with Crippen molar-refractivity contribution in [1.29, 1.82) is 0 Å². The van der Waals surface area contributed by atoms with Crippen molar-refractivity contribution in [2.45, 2.75) is 46.5 Å². The summed E-state index contributed by atoms with van der Waals surface area (Å²) in [5.41, 5.74) is 1.44. The van der Waals surface area contributed by atoms with Gasteiger partial charge in [0.15, 0.2) is 5.69 Å². The Morgan fingerprint density at radius 2 is 1.72 bits per heavy atom. The third-order valence-electron chi connectivity index (χ3n) is 4.28. The standard InChI is InChI=1S/C21H28N2O2/c1-14(2)12-23(13-15(3)4)21(24)18-19(16-10-11-16)25-20(22-18)17-8-6-5-7-9-17/h5-9,14-16H,10-13H2,1-4H3. The Balaban J connectivity index is 1.93. The lowest BCUT2D eigenvalue weighted by Gasteiger charge is -2.25. The Morgan fingerprint density at radius 1 is 1.12 bits per heavy atom. The van der Waals surface area contributed by atoms with Gasteiger partial charge >= 0.3 is 0 Å². The summed E-state index contributed by atoms with van der Waals surface area (Å²) < 4.78 is 6.05. The number of benzene rings is 1. The minimum absolute atomic E-state index is 0.00947. The van der Waals surface area contributed by atoms with E-state index in [4.69, 9.17) is 4.42 Å². The summed E-state index contributed by atoms with van der Waals surface area (Å²) in [4.78, 5) is 19.8. The molecule has 1 aromatic heterocycles. The van der Waals surface area contributed by atoms with Gasteiger partial charge in [0, 0.05) is 24.6 Å². The van der Waals surface area contributed by atoms with Gasteiger partial charge in [0.1, 0.15) is 5.76 Å². The van der Waals surface area contributed by atoms with E-state index in [1.54, 1.807) is 0 Å². The van der Waals surface area contributed by atoms with Gasteiger partial charge in [-0.15, -0.1) is 0 Å². The normalized spacial score (nSPS) is 14.3. The van der Waals surface area contributed by atoms with Gasteiger partial charge in [-0.1, -0.05) is 45.9 Å². The Morgan fingerprint density at radius 3 is 2.24 bits per heavy atom. The third-order valence-corrected chi connectivity index (χ3v) is 4.28. The lowest BCUT2D eigenvalue weighted by atomic mass is 10.1. The number of nitrogens with zero attached hydrogens (tertiary/aromatic N) is 2. The van der Waals surface area contributed by atoms with Crippen molar-refractivity contribution in [1.82, 2.24) is 9.88 Å². The number of carbonyl (C=O) groups excluding carboxylic acids is 1. The number of oxazole rings is 1. The molecule has 0 saturated heterocycles. The molecule has 0 radical (unpaired) electrons. The van der Waals surface area contributed by atoms with Crippen LogP contribution in [0.1, 0.15) is 62.7 Å². The van der Waals surface area contributed by atoms with E-state index >= 15 is 0 Å². The first kappa shape index (κ1) is 17.7. The van der Waals surface area contributed by atoms with Crippen LogP contribution in [-0.2, 0) is 0 Å². The first-order valence-electron chi connectivity index (χ1n) is 9.31. The summed E-state index contributed by atoms with van der Waals surface area (Å²) in [6.07, 6.45) is 2.16. The van der Waals surface area contributed by atoms with Gasteiger partial charge in [0.05, 0.1) is 0 Å². The van der Waals surface area contributed by atoms with E-state index in [9.17, 15) is 4.79 Å². The topological polar surface area (TPSA) is 46.3 Å². The van der Waals surface area contributed by atoms with Gasteiger partial charge < -0.3 is 9.32 Å². The summed E-state index contributed by atoms with van der Waals surface area (Å²) in [6, 6.07) is 9.82. The smallest absolute Gasteiger partial charge is 0.276 e. The van der Waals surface area contributed by atoms with Gasteiger partial charge in [0.25, 0.3) is 5.91 Å². The predicted octanol–water partition coefficient (Wildman–Crippen LogP) is 4.97. The highest BCUT2D eigenvalue weighted by molar-refractivity contribution is 5.94. The van der Waals surface area contributed by atoms with Crippen molar-refractivity contribution in [2.75, 3.05) is 13.1 Å². The molecule has 1 aliphatic carbocycles. The van der Waals surface area contributed by atoms with Crippen molar-refractivity contribution >= 4 is 5.91 Å². The number of amides is 1. The van der Waals surface area contributed by atoms with Crippen LogP contribution in [0.15, 0.2) is 34.7 Å². The number of carbonyl (C=O) groups is 1. The van der Waals surface area contributed by atoms with Crippen molar-refractivity contribution in [2.24, 2.45) is 11.8 Å². The lowest BCUT2D eigenvalue weighted by Crippen LogP contribution is -2.37. The molecule has 0 unspecified atom stereocenters. The van der Waals surface area contributed by atoms with Crippen molar-refractivity contribution in [3.8, 4) is 11.5 Å². The van der Waals surface area contributed by atoms with Crippen LogP contribution in [0.3, 0.4) is 0 Å². The molecule has 4 heteroatoms. The van der Waals surface area contributed by atoms with Crippen LogP contribution in [0, 0.1) is 11.8 Å². The average molecular weight is 340 g/mol. The van der Waals surface area contributed by atoms with Crippen LogP contribution in [0.4, 0.5) is 0 Å². The van der Waals surface area contributed by atoms with E-state index in [1.165, 1.54) is 0 Å². The number of hydrogen-bond acceptors (Lipinski definition) is 3. The number of hydrogen-bond donors (Lipinski definition) is 0. The molecule has 0 bridgehead atoms. The van der Waals surface area contributed by atoms with Crippen molar-refractivity contribution in [3.05, 3.63) is 41.8 Å². The minimum Gasteiger partial charge on any atom is -0.440 e. The molecule has 3 rings (SSSR count). The Kier molecular flexibility index (Phi) is 5.26. The highest BCUT2D eigenvalue weighted by atomic mass is 16.4. The Labute approximate surface area is 150 Å². The zero-order valence-corrected chi connectivity index (χ0v) is 15.7. The first-order valence-corrected chi connectivity index (χ1v) is 9.31. The average Bonchev–Trinajstić information content (AvgIpc) is 3.32. The second-order valence-corrected chi connectivity index (χ2v) is 7.87. The lowest BCUT2D eigenvalue weighted by molar-refractivity contribution is 0.0707. The van der Waals surface area contributed by atoms with Gasteiger partial charge in [-0.05, 0) is 36.8 Å². The quantitative estimate of drug-likeness (QED) is 0.714. The van der Waals surface area contributed by atoms with Crippen LogP contribution in [0.5, 0.6) is 0 Å². The Hall–Kier alpha value is -2.10. The fraction of sp³-hybridized carbons (Fsp3) is 0.524. The van der Waals surface area contributed by atoms with Gasteiger partial charge in [-0.3, -0.25) is 4.79 Å². The van der Waals surface area contributed by atoms with E-state index in [1.807, 2.05) is 35.2 Å². The molecular formula is C21H28N2O2. The largest absolute Gasteiger partial charge is 0.440 e. The molecule has 2 aromatic rings. The van der Waals surface area contributed by atoms with Crippen LogP contribution in [0.2, 0.25) is 0 Å². The molecule has 1 fully saturated rings. The molecule has 0 spiro atoms. The van der Waals surface area contributed by atoms with E-state index in [0.717, 1.165) is 37.3 Å². The highest BCUT2D eigenvalue weighted by Gasteiger charge is 2.35. The molecule has 25 heavy (non-hydrogen) atoms. The second kappa shape index (κ2) is 7.42. The molecule has 0 atom stereocenters. The highest BCUT2D eigenvalue weighted by Crippen LogP contribution is 2.43. The Bertz CT molecular complexity index is 705. The van der Waals surface area contributed by atoms with E-state index < -0.39 is 0 Å². The number of aromatic nitrogens is 1. The molecule has 134 valence electrons. The molecule has 0 aliphatic heterocycles. The second-order valence-electron chi connectivity index (χ2n) is 7.87. The molecular weight excluding hydrogens is 312 g/mol. The maximum atomic E-state index is 13.2. The van der Waals surface area contributed by atoms with Crippen LogP contribution in [-0.4, -0.2) is 28.9 Å². The van der Waals surface area contributed by atoms with Gasteiger partial charge in [-0.2, -0.15) is 0 Å². The van der Waals surface area contributed by atoms with Crippen LogP contribution in [0.25, 0.3) is 11.5 Å². The predicted molar refractivity (Wildman–Crippen MR) is 99.5 cm³/mol. The molecule has 1 amide bonds. The maximum Gasteiger partial charge on any atom is 0.276 e. The minimum atomic E-state index is 0.00947. The summed E-state index contributed by atoms with van der Waals surface area (Å²) >= 11 is 0. The summed E-state index contributed by atoms with van der Waals surface area (Å²) in [5.74, 6) is 2.54. The fourth-order valence-corrected chi connectivity index (χ4v) is 3.08. The third kappa shape index (κ3) is 4.30. The summed E-state index contributed by atoms with van der Waals surface area (Å²) in [7, 11) is 0. The van der Waals surface area contributed by atoms with Crippen LogP contribution >= 0.6 is 0 Å². The van der Waals surface area contributed by atoms with Gasteiger partial charge in [-0.25, -0.2) is 4.98 Å². The fourth-order valence-electron chi connectivity index (χ4n) is 3.08. The SMILES string of the molecule is CC(C)CN(CC(C)C)C(=O)c1nc(-c2ccccc2)oc1C1CC1. The van der Waals surface area contributed by atoms with Crippen molar-refractivity contribution < 1.29 is 9.21 Å². The first-order chi connectivity index (χ1) is 12.0. The zero-order chi connectivity index (χ0) is 18.0. The monoisotopic (exact) mass is 340 g/mol. The van der Waals surface area contributed by atoms with Gasteiger partial charge in [0.2, 0.25) is 5.89 Å². The number of rotatable bonds is 7. The molecule has 1 saturated carbocycles. The molecule has 1 heterocycles. The maximum absolute atomic E-state index is 13.2. The van der Waals surface area contributed by atoms with E-state index in [0.29, 0.717) is 29.3 Å². The van der Waals surface area contributed by atoms with E-state index in [2.05, 4.69) is 32.7 Å². The molecule has 1 aromatic carbocycles. The summed E-state index contributed by atoms with van der Waals surface area (Å²) in [6.45, 7) is 10.0. The molecule has 0 N–H and O–H groups in total. The zero-order valence-electron chi connectivity index (χ0n) is 15.7. The molecule has 1 aliphatic rings. The van der Waals surface area contributed by atoms with Crippen molar-refractivity contribution in [3.63, 3.8) is 0 Å². The summed E-state index contributed by atoms with van der Waals surface area (Å²) in [5, 5.41) is 0. The molecule has 4 nitrogen and oxygen atoms in total. The van der Waals surface area contributed by atoms with Crippen LogP contribution < -0.4 is 0 Å².